The molecule has 3 heterocycles. The number of carbonyl (C=O) groups excluding carboxylic acids is 1. The SMILES string of the molecule is O=C(CSc1ccc(F)cc1)N1CCC(N2CCC(Oc3ccncc3)CC2)CC1. The molecule has 0 radical (unpaired) electrons. The number of amides is 1. The molecule has 2 aromatic rings. The summed E-state index contributed by atoms with van der Waals surface area (Å²) < 4.78 is 19.1. The van der Waals surface area contributed by atoms with E-state index in [4.69, 9.17) is 4.74 Å². The minimum atomic E-state index is -0.249. The predicted molar refractivity (Wildman–Crippen MR) is 116 cm³/mol. The molecular formula is C23H28FN3O2S. The van der Waals surface area contributed by atoms with Gasteiger partial charge in [-0.25, -0.2) is 4.39 Å². The molecule has 1 aromatic carbocycles. The lowest BCUT2D eigenvalue weighted by molar-refractivity contribution is -0.130. The molecule has 0 N–H and O–H groups in total. The summed E-state index contributed by atoms with van der Waals surface area (Å²) in [7, 11) is 0. The van der Waals surface area contributed by atoms with Gasteiger partial charge in [-0.3, -0.25) is 14.7 Å². The van der Waals surface area contributed by atoms with Crippen molar-refractivity contribution in [3.8, 4) is 5.75 Å². The molecule has 2 fully saturated rings. The molecule has 5 nitrogen and oxygen atoms in total. The van der Waals surface area contributed by atoms with Crippen LogP contribution in [0.1, 0.15) is 25.7 Å². The lowest BCUT2D eigenvalue weighted by atomic mass is 9.99. The molecule has 0 spiro atoms. The van der Waals surface area contributed by atoms with E-state index in [-0.39, 0.29) is 17.8 Å². The smallest absolute Gasteiger partial charge is 0.232 e. The van der Waals surface area contributed by atoms with E-state index in [0.29, 0.717) is 11.8 Å². The maximum absolute atomic E-state index is 13.0. The molecule has 0 bridgehead atoms. The van der Waals surface area contributed by atoms with Crippen molar-refractivity contribution in [1.82, 2.24) is 14.8 Å². The van der Waals surface area contributed by atoms with Gasteiger partial charge < -0.3 is 9.64 Å². The number of likely N-dealkylation sites (tertiary alicyclic amines) is 2. The predicted octanol–water partition coefficient (Wildman–Crippen LogP) is 3.85. The van der Waals surface area contributed by atoms with Crippen molar-refractivity contribution in [1.29, 1.82) is 0 Å². The van der Waals surface area contributed by atoms with Crippen LogP contribution in [0.3, 0.4) is 0 Å². The molecule has 7 heteroatoms. The zero-order valence-corrected chi connectivity index (χ0v) is 17.9. The van der Waals surface area contributed by atoms with E-state index < -0.39 is 0 Å². The Morgan fingerprint density at radius 3 is 2.33 bits per heavy atom. The Morgan fingerprint density at radius 1 is 1.00 bits per heavy atom. The fourth-order valence-corrected chi connectivity index (χ4v) is 5.02. The van der Waals surface area contributed by atoms with Crippen LogP contribution in [0.5, 0.6) is 5.75 Å². The van der Waals surface area contributed by atoms with Crippen molar-refractivity contribution in [3.05, 3.63) is 54.6 Å². The van der Waals surface area contributed by atoms with Gasteiger partial charge in [0.25, 0.3) is 0 Å². The van der Waals surface area contributed by atoms with Crippen LogP contribution in [-0.4, -0.2) is 64.8 Å². The van der Waals surface area contributed by atoms with E-state index in [2.05, 4.69) is 9.88 Å². The summed E-state index contributed by atoms with van der Waals surface area (Å²) in [6.45, 7) is 3.74. The molecule has 4 rings (SSSR count). The Bertz CT molecular complexity index is 805. The third-order valence-electron chi connectivity index (χ3n) is 5.94. The van der Waals surface area contributed by atoms with Gasteiger partial charge in [0.2, 0.25) is 5.91 Å². The molecule has 160 valence electrons. The van der Waals surface area contributed by atoms with Crippen molar-refractivity contribution in [2.24, 2.45) is 0 Å². The molecule has 0 saturated carbocycles. The van der Waals surface area contributed by atoms with Gasteiger partial charge in [0.1, 0.15) is 17.7 Å². The van der Waals surface area contributed by atoms with E-state index in [1.54, 1.807) is 24.5 Å². The number of aromatic nitrogens is 1. The molecule has 2 saturated heterocycles. The lowest BCUT2D eigenvalue weighted by Crippen LogP contribution is -2.50. The first-order valence-corrected chi connectivity index (χ1v) is 11.6. The molecular weight excluding hydrogens is 401 g/mol. The lowest BCUT2D eigenvalue weighted by Gasteiger charge is -2.41. The number of ether oxygens (including phenoxy) is 1. The highest BCUT2D eigenvalue weighted by molar-refractivity contribution is 8.00. The fraction of sp³-hybridized carbons (Fsp3) is 0.478. The van der Waals surface area contributed by atoms with Crippen LogP contribution in [0.25, 0.3) is 0 Å². The zero-order valence-electron chi connectivity index (χ0n) is 17.1. The van der Waals surface area contributed by atoms with Crippen molar-refractivity contribution < 1.29 is 13.9 Å². The number of halogens is 1. The highest BCUT2D eigenvalue weighted by atomic mass is 32.2. The molecule has 2 aliphatic heterocycles. The Morgan fingerprint density at radius 2 is 1.67 bits per heavy atom. The van der Waals surface area contributed by atoms with E-state index in [1.165, 1.54) is 23.9 Å². The van der Waals surface area contributed by atoms with E-state index in [1.807, 2.05) is 17.0 Å². The summed E-state index contributed by atoms with van der Waals surface area (Å²) in [6, 6.07) is 10.7. The molecule has 2 aliphatic rings. The summed E-state index contributed by atoms with van der Waals surface area (Å²) in [4.78, 5) is 22.0. The summed E-state index contributed by atoms with van der Waals surface area (Å²) in [5, 5.41) is 0. The Kier molecular flexibility index (Phi) is 7.23. The van der Waals surface area contributed by atoms with Gasteiger partial charge in [-0.05, 0) is 62.1 Å². The summed E-state index contributed by atoms with van der Waals surface area (Å²) in [6.07, 6.45) is 7.93. The maximum Gasteiger partial charge on any atom is 0.232 e. The van der Waals surface area contributed by atoms with Gasteiger partial charge in [0.15, 0.2) is 0 Å². The monoisotopic (exact) mass is 429 g/mol. The maximum atomic E-state index is 13.0. The second-order valence-corrected chi connectivity index (χ2v) is 8.94. The second-order valence-electron chi connectivity index (χ2n) is 7.89. The van der Waals surface area contributed by atoms with Gasteiger partial charge in [-0.1, -0.05) is 0 Å². The van der Waals surface area contributed by atoms with Gasteiger partial charge in [0.05, 0.1) is 5.75 Å². The number of nitrogens with zero attached hydrogens (tertiary/aromatic N) is 3. The minimum Gasteiger partial charge on any atom is -0.490 e. The highest BCUT2D eigenvalue weighted by Gasteiger charge is 2.30. The van der Waals surface area contributed by atoms with E-state index in [0.717, 1.165) is 62.5 Å². The Hall–Kier alpha value is -2.12. The number of hydrogen-bond donors (Lipinski definition) is 0. The number of rotatable bonds is 6. The number of benzene rings is 1. The van der Waals surface area contributed by atoms with Crippen LogP contribution >= 0.6 is 11.8 Å². The van der Waals surface area contributed by atoms with Crippen molar-refractivity contribution >= 4 is 17.7 Å². The number of piperidine rings is 2. The van der Waals surface area contributed by atoms with E-state index in [9.17, 15) is 9.18 Å². The van der Waals surface area contributed by atoms with Crippen LogP contribution in [0, 0.1) is 5.82 Å². The van der Waals surface area contributed by atoms with Crippen LogP contribution in [-0.2, 0) is 4.79 Å². The summed E-state index contributed by atoms with van der Waals surface area (Å²) in [5.41, 5.74) is 0. The van der Waals surface area contributed by atoms with E-state index >= 15 is 0 Å². The zero-order chi connectivity index (χ0) is 20.8. The highest BCUT2D eigenvalue weighted by Crippen LogP contribution is 2.25. The molecule has 1 amide bonds. The summed E-state index contributed by atoms with van der Waals surface area (Å²) in [5.74, 6) is 1.23. The molecule has 30 heavy (non-hydrogen) atoms. The largest absolute Gasteiger partial charge is 0.490 e. The quantitative estimate of drug-likeness (QED) is 0.653. The molecule has 1 aromatic heterocycles. The van der Waals surface area contributed by atoms with Gasteiger partial charge in [-0.15, -0.1) is 11.8 Å². The number of hydrogen-bond acceptors (Lipinski definition) is 5. The third-order valence-corrected chi connectivity index (χ3v) is 6.94. The van der Waals surface area contributed by atoms with Crippen molar-refractivity contribution in [2.45, 2.75) is 42.7 Å². The fourth-order valence-electron chi connectivity index (χ4n) is 4.22. The van der Waals surface area contributed by atoms with Crippen molar-refractivity contribution in [2.75, 3.05) is 31.9 Å². The topological polar surface area (TPSA) is 45.7 Å². The first-order chi connectivity index (χ1) is 14.7. The van der Waals surface area contributed by atoms with Crippen LogP contribution < -0.4 is 4.74 Å². The number of thioether (sulfide) groups is 1. The minimum absolute atomic E-state index is 0.173. The normalized spacial score (nSPS) is 19.0. The Labute approximate surface area is 181 Å². The third kappa shape index (κ3) is 5.73. The molecule has 0 aliphatic carbocycles. The molecule has 0 atom stereocenters. The van der Waals surface area contributed by atoms with Gasteiger partial charge in [-0.2, -0.15) is 0 Å². The summed E-state index contributed by atoms with van der Waals surface area (Å²) >= 11 is 1.47. The average molecular weight is 430 g/mol. The first-order valence-electron chi connectivity index (χ1n) is 10.6. The number of carbonyl (C=O) groups is 1. The Balaban J connectivity index is 1.16. The second kappa shape index (κ2) is 10.3. The van der Waals surface area contributed by atoms with Gasteiger partial charge >= 0.3 is 0 Å². The molecule has 0 unspecified atom stereocenters. The van der Waals surface area contributed by atoms with Crippen LogP contribution in [0.2, 0.25) is 0 Å². The number of pyridine rings is 1. The van der Waals surface area contributed by atoms with Crippen LogP contribution in [0.4, 0.5) is 4.39 Å². The standard InChI is InChI=1S/C23H28FN3O2S/c24-18-1-3-22(4-2-18)30-17-23(28)27-13-7-19(8-14-27)26-15-9-21(10-16-26)29-20-5-11-25-12-6-20/h1-6,11-12,19,21H,7-10,13-17H2. The first kappa shape index (κ1) is 21.1. The average Bonchev–Trinajstić information content (AvgIpc) is 2.80. The van der Waals surface area contributed by atoms with Crippen molar-refractivity contribution in [3.63, 3.8) is 0 Å². The van der Waals surface area contributed by atoms with Gasteiger partial charge in [0, 0.05) is 49.5 Å². The van der Waals surface area contributed by atoms with Crippen LogP contribution in [0.15, 0.2) is 53.7 Å².